The fraction of sp³-hybridized carbons (Fsp3) is 0.0833. The molecule has 0 radical (unpaired) electrons. The lowest BCUT2D eigenvalue weighted by atomic mass is 9.92. The van der Waals surface area contributed by atoms with Gasteiger partial charge in [0.05, 0.1) is 29.1 Å². The Labute approximate surface area is 191 Å². The van der Waals surface area contributed by atoms with Crippen molar-refractivity contribution in [2.75, 3.05) is 12.4 Å². The van der Waals surface area contributed by atoms with E-state index >= 15 is 0 Å². The number of rotatable bonds is 5. The molecule has 3 aromatic rings. The van der Waals surface area contributed by atoms with Crippen molar-refractivity contribution >= 4 is 38.8 Å². The predicted octanol–water partition coefficient (Wildman–Crippen LogP) is 5.03. The van der Waals surface area contributed by atoms with Crippen molar-refractivity contribution in [3.63, 3.8) is 0 Å². The molecule has 0 saturated carbocycles. The molecular weight excluding hydrogens is 448 g/mol. The van der Waals surface area contributed by atoms with Gasteiger partial charge in [0.25, 0.3) is 10.0 Å². The predicted molar refractivity (Wildman–Crippen MR) is 125 cm³/mol. The van der Waals surface area contributed by atoms with Crippen LogP contribution in [0.25, 0.3) is 0 Å². The molecular formula is C24H19ClN2O4S. The number of ketones is 1. The molecule has 0 bridgehead atoms. The lowest BCUT2D eigenvalue weighted by Gasteiger charge is -2.19. The van der Waals surface area contributed by atoms with Crippen molar-refractivity contribution in [2.45, 2.75) is 11.8 Å². The number of para-hydroxylation sites is 2. The number of fused-ring (bicyclic) bond motifs is 1. The summed E-state index contributed by atoms with van der Waals surface area (Å²) in [6.07, 6.45) is 1.44. The van der Waals surface area contributed by atoms with Gasteiger partial charge in [-0.1, -0.05) is 48.0 Å². The van der Waals surface area contributed by atoms with E-state index in [2.05, 4.69) is 9.71 Å². The van der Waals surface area contributed by atoms with Gasteiger partial charge in [0.15, 0.2) is 0 Å². The molecule has 0 fully saturated rings. The summed E-state index contributed by atoms with van der Waals surface area (Å²) in [5, 5.41) is 3.52. The van der Waals surface area contributed by atoms with E-state index < -0.39 is 10.0 Å². The molecule has 3 aromatic carbocycles. The van der Waals surface area contributed by atoms with E-state index in [9.17, 15) is 13.2 Å². The maximum Gasteiger partial charge on any atom is 0.282 e. The Morgan fingerprint density at radius 2 is 1.66 bits per heavy atom. The van der Waals surface area contributed by atoms with Crippen LogP contribution in [0.5, 0.6) is 5.75 Å². The number of hydrogen-bond acceptors (Lipinski definition) is 5. The second kappa shape index (κ2) is 8.61. The number of allylic oxidation sites excluding steroid dienone is 2. The summed E-state index contributed by atoms with van der Waals surface area (Å²) in [5.41, 5.74) is 2.34. The van der Waals surface area contributed by atoms with E-state index in [-0.39, 0.29) is 22.1 Å². The number of ether oxygens (including phenoxy) is 1. The smallest absolute Gasteiger partial charge is 0.282 e. The average molecular weight is 467 g/mol. The summed E-state index contributed by atoms with van der Waals surface area (Å²) in [4.78, 5) is 13.1. The van der Waals surface area contributed by atoms with Gasteiger partial charge in [0.1, 0.15) is 5.75 Å². The monoisotopic (exact) mass is 466 g/mol. The third-order valence-electron chi connectivity index (χ3n) is 5.00. The van der Waals surface area contributed by atoms with Gasteiger partial charge < -0.3 is 10.1 Å². The van der Waals surface area contributed by atoms with E-state index in [4.69, 9.17) is 16.3 Å². The van der Waals surface area contributed by atoms with Gasteiger partial charge in [-0.15, -0.1) is 0 Å². The highest BCUT2D eigenvalue weighted by Gasteiger charge is 2.26. The minimum atomic E-state index is -4.05. The zero-order valence-electron chi connectivity index (χ0n) is 17.3. The van der Waals surface area contributed by atoms with E-state index in [1.165, 1.54) is 31.4 Å². The first-order valence-electron chi connectivity index (χ1n) is 9.67. The highest BCUT2D eigenvalue weighted by Crippen LogP contribution is 2.29. The van der Waals surface area contributed by atoms with Crippen molar-refractivity contribution in [1.29, 1.82) is 0 Å². The molecule has 0 atom stereocenters. The van der Waals surface area contributed by atoms with Crippen LogP contribution in [0.1, 0.15) is 21.5 Å². The molecule has 6 nitrogen and oxygen atoms in total. The number of anilines is 1. The van der Waals surface area contributed by atoms with Gasteiger partial charge in [-0.3, -0.25) is 4.79 Å². The number of carbonyl (C=O) groups excluding carboxylic acids is 1. The Hall–Kier alpha value is -3.42. The first-order valence-corrected chi connectivity index (χ1v) is 11.5. The number of halogens is 1. The number of benzene rings is 3. The first-order chi connectivity index (χ1) is 15.3. The van der Waals surface area contributed by atoms with Crippen molar-refractivity contribution in [2.24, 2.45) is 4.40 Å². The number of sulfonamides is 1. The van der Waals surface area contributed by atoms with Crippen LogP contribution in [0.4, 0.5) is 5.69 Å². The summed E-state index contributed by atoms with van der Waals surface area (Å²) >= 11 is 6.03. The molecule has 0 saturated heterocycles. The second-order valence-corrected chi connectivity index (χ2v) is 9.13. The van der Waals surface area contributed by atoms with Crippen molar-refractivity contribution < 1.29 is 17.9 Å². The molecule has 4 rings (SSSR count). The van der Waals surface area contributed by atoms with Gasteiger partial charge in [0.2, 0.25) is 5.78 Å². The highest BCUT2D eigenvalue weighted by molar-refractivity contribution is 7.90. The molecule has 0 amide bonds. The third kappa shape index (κ3) is 4.17. The van der Waals surface area contributed by atoms with Crippen LogP contribution < -0.4 is 10.1 Å². The van der Waals surface area contributed by atoms with Crippen LogP contribution in [0.15, 0.2) is 87.8 Å². The average Bonchev–Trinajstić information content (AvgIpc) is 2.79. The highest BCUT2D eigenvalue weighted by atomic mass is 35.5. The zero-order valence-corrected chi connectivity index (χ0v) is 18.9. The fourth-order valence-electron chi connectivity index (χ4n) is 3.35. The third-order valence-corrected chi connectivity index (χ3v) is 6.71. The number of carbonyl (C=O) groups is 1. The minimum Gasteiger partial charge on any atom is -0.495 e. The lowest BCUT2D eigenvalue weighted by molar-refractivity contribution is 0.103. The van der Waals surface area contributed by atoms with Gasteiger partial charge in [-0.2, -0.15) is 12.8 Å². The lowest BCUT2D eigenvalue weighted by Crippen LogP contribution is -2.22. The zero-order chi connectivity index (χ0) is 22.9. The van der Waals surface area contributed by atoms with Gasteiger partial charge in [-0.25, -0.2) is 0 Å². The van der Waals surface area contributed by atoms with E-state index in [0.717, 1.165) is 0 Å². The van der Waals surface area contributed by atoms with Crippen LogP contribution in [0.2, 0.25) is 5.02 Å². The Morgan fingerprint density at radius 1 is 0.969 bits per heavy atom. The SMILES string of the molecule is COc1ccccc1NC1=CC(=NS(=O)(=O)c2ccc(Cl)c(C)c2)c2ccccc2C1=O. The molecule has 162 valence electrons. The normalized spacial score (nSPS) is 14.7. The fourth-order valence-corrected chi connectivity index (χ4v) is 4.55. The molecule has 8 heteroatoms. The molecule has 0 unspecified atom stereocenters. The molecule has 0 heterocycles. The van der Waals surface area contributed by atoms with Gasteiger partial charge in [-0.05, 0) is 48.9 Å². The first kappa shape index (κ1) is 21.8. The largest absolute Gasteiger partial charge is 0.495 e. The Bertz CT molecular complexity index is 1390. The van der Waals surface area contributed by atoms with Gasteiger partial charge >= 0.3 is 0 Å². The quantitative estimate of drug-likeness (QED) is 0.570. The van der Waals surface area contributed by atoms with Crippen LogP contribution >= 0.6 is 11.6 Å². The number of hydrogen-bond donors (Lipinski definition) is 1. The summed E-state index contributed by atoms with van der Waals surface area (Å²) in [6.45, 7) is 1.72. The Morgan fingerprint density at radius 3 is 2.38 bits per heavy atom. The number of Topliss-reactive ketones (excluding diaryl/α,β-unsaturated/α-hetero) is 1. The van der Waals surface area contributed by atoms with E-state index in [1.54, 1.807) is 49.4 Å². The van der Waals surface area contributed by atoms with Crippen LogP contribution in [-0.2, 0) is 10.0 Å². The van der Waals surface area contributed by atoms with Crippen LogP contribution in [-0.4, -0.2) is 27.0 Å². The van der Waals surface area contributed by atoms with Crippen LogP contribution in [0.3, 0.4) is 0 Å². The Kier molecular flexibility index (Phi) is 5.86. The molecule has 1 aliphatic rings. The number of aryl methyl sites for hydroxylation is 1. The number of methoxy groups -OCH3 is 1. The topological polar surface area (TPSA) is 84.8 Å². The Balaban J connectivity index is 1.83. The number of nitrogens with one attached hydrogen (secondary N) is 1. The summed E-state index contributed by atoms with van der Waals surface area (Å²) in [6, 6.07) is 18.3. The molecule has 0 spiro atoms. The van der Waals surface area contributed by atoms with E-state index in [0.29, 0.717) is 33.1 Å². The standard InChI is InChI=1S/C24H19ClN2O4S/c1-15-13-16(11-12-19(15)25)32(29,30)27-21-14-22(24(28)18-8-4-3-7-17(18)21)26-20-9-5-6-10-23(20)31-2/h3-14,26H,1-2H3. The van der Waals surface area contributed by atoms with Gasteiger partial charge in [0, 0.05) is 16.1 Å². The van der Waals surface area contributed by atoms with Crippen molar-refractivity contribution in [1.82, 2.24) is 0 Å². The second-order valence-electron chi connectivity index (χ2n) is 7.12. The molecule has 0 aliphatic heterocycles. The summed E-state index contributed by atoms with van der Waals surface area (Å²) < 4.78 is 35.5. The van der Waals surface area contributed by atoms with Crippen molar-refractivity contribution in [3.05, 3.63) is 100 Å². The maximum absolute atomic E-state index is 13.1. The maximum atomic E-state index is 13.1. The minimum absolute atomic E-state index is 0.0221. The molecule has 32 heavy (non-hydrogen) atoms. The number of nitrogens with zero attached hydrogens (tertiary/aromatic N) is 1. The van der Waals surface area contributed by atoms with E-state index in [1.807, 2.05) is 6.07 Å². The molecule has 1 N–H and O–H groups in total. The molecule has 0 aromatic heterocycles. The van der Waals surface area contributed by atoms with Crippen LogP contribution in [0, 0.1) is 6.92 Å². The molecule has 1 aliphatic carbocycles. The summed E-state index contributed by atoms with van der Waals surface area (Å²) in [5.74, 6) is 0.271. The summed E-state index contributed by atoms with van der Waals surface area (Å²) in [7, 11) is -2.52. The van der Waals surface area contributed by atoms with Crippen molar-refractivity contribution in [3.8, 4) is 5.75 Å².